The number of furan rings is 1. The maximum absolute atomic E-state index is 13.0. The highest BCUT2D eigenvalue weighted by molar-refractivity contribution is 5.98. The molecule has 3 heterocycles. The van der Waals surface area contributed by atoms with Gasteiger partial charge in [-0.3, -0.25) is 4.79 Å². The molecule has 0 aliphatic carbocycles. The lowest BCUT2D eigenvalue weighted by molar-refractivity contribution is 0.0644. The monoisotopic (exact) mass is 340 g/mol. The lowest BCUT2D eigenvalue weighted by Crippen LogP contribution is -2.40. The highest BCUT2D eigenvalue weighted by Crippen LogP contribution is 2.28. The largest absolute Gasteiger partial charge is 0.451 e. The molecule has 0 spiro atoms. The Bertz CT molecular complexity index is 943. The zero-order valence-corrected chi connectivity index (χ0v) is 14.5. The van der Waals surface area contributed by atoms with Gasteiger partial charge in [-0.2, -0.15) is 0 Å². The quantitative estimate of drug-likeness (QED) is 0.733. The van der Waals surface area contributed by atoms with Crippen molar-refractivity contribution in [2.75, 3.05) is 13.7 Å². The number of para-hydroxylation sites is 1. The first-order valence-electron chi connectivity index (χ1n) is 8.29. The van der Waals surface area contributed by atoms with E-state index in [1.807, 2.05) is 31.2 Å². The molecule has 0 bridgehead atoms. The van der Waals surface area contributed by atoms with E-state index in [1.165, 1.54) is 0 Å². The van der Waals surface area contributed by atoms with Gasteiger partial charge >= 0.3 is 0 Å². The highest BCUT2D eigenvalue weighted by Gasteiger charge is 2.31. The maximum Gasteiger partial charge on any atom is 0.290 e. The number of aromatic nitrogens is 3. The zero-order valence-electron chi connectivity index (χ0n) is 14.5. The second kappa shape index (κ2) is 6.00. The van der Waals surface area contributed by atoms with Gasteiger partial charge in [0.15, 0.2) is 17.4 Å². The molecule has 3 aromatic rings. The number of carbonyl (C=O) groups is 1. The van der Waals surface area contributed by atoms with Crippen molar-refractivity contribution in [1.29, 1.82) is 0 Å². The third-order valence-electron chi connectivity index (χ3n) is 4.69. The van der Waals surface area contributed by atoms with Gasteiger partial charge in [-0.25, -0.2) is 0 Å². The van der Waals surface area contributed by atoms with Gasteiger partial charge in [0.1, 0.15) is 12.2 Å². The van der Waals surface area contributed by atoms with E-state index in [9.17, 15) is 4.79 Å². The second-order valence-electron chi connectivity index (χ2n) is 6.42. The maximum atomic E-state index is 13.0. The van der Waals surface area contributed by atoms with Crippen molar-refractivity contribution in [1.82, 2.24) is 19.7 Å². The Morgan fingerprint density at radius 3 is 2.92 bits per heavy atom. The van der Waals surface area contributed by atoms with Crippen molar-refractivity contribution in [3.63, 3.8) is 0 Å². The van der Waals surface area contributed by atoms with Crippen LogP contribution in [0, 0.1) is 6.92 Å². The zero-order chi connectivity index (χ0) is 17.6. The van der Waals surface area contributed by atoms with Gasteiger partial charge in [0, 0.05) is 24.6 Å². The molecule has 7 nitrogen and oxygen atoms in total. The summed E-state index contributed by atoms with van der Waals surface area (Å²) in [5.41, 5.74) is 1.61. The molecule has 1 amide bonds. The van der Waals surface area contributed by atoms with Crippen LogP contribution in [0.4, 0.5) is 0 Å². The van der Waals surface area contributed by atoms with Gasteiger partial charge in [-0.15, -0.1) is 10.2 Å². The molecule has 1 aliphatic heterocycles. The van der Waals surface area contributed by atoms with Crippen molar-refractivity contribution in [3.05, 3.63) is 47.2 Å². The third-order valence-corrected chi connectivity index (χ3v) is 4.69. The molecule has 0 N–H and O–H groups in total. The molecule has 7 heteroatoms. The number of fused-ring (bicyclic) bond motifs is 2. The van der Waals surface area contributed by atoms with Crippen LogP contribution in [-0.4, -0.2) is 39.2 Å². The summed E-state index contributed by atoms with van der Waals surface area (Å²) in [5, 5.41) is 9.38. The molecule has 0 radical (unpaired) electrons. The van der Waals surface area contributed by atoms with Gasteiger partial charge in [0.05, 0.1) is 12.6 Å². The van der Waals surface area contributed by atoms with Crippen molar-refractivity contribution >= 4 is 16.9 Å². The molecule has 0 unspecified atom stereocenters. The molecule has 4 rings (SSSR count). The van der Waals surface area contributed by atoms with Crippen LogP contribution in [0.25, 0.3) is 11.0 Å². The Morgan fingerprint density at radius 1 is 1.36 bits per heavy atom. The summed E-state index contributed by atoms with van der Waals surface area (Å²) >= 11 is 0. The number of benzene rings is 1. The van der Waals surface area contributed by atoms with Crippen molar-refractivity contribution in [2.45, 2.75) is 33.0 Å². The minimum absolute atomic E-state index is 0.0811. The van der Waals surface area contributed by atoms with E-state index in [1.54, 1.807) is 12.0 Å². The summed E-state index contributed by atoms with van der Waals surface area (Å²) in [6, 6.07) is 7.78. The summed E-state index contributed by atoms with van der Waals surface area (Å²) in [7, 11) is 1.63. The Hall–Kier alpha value is -2.67. The second-order valence-corrected chi connectivity index (χ2v) is 6.42. The fourth-order valence-electron chi connectivity index (χ4n) is 3.52. The van der Waals surface area contributed by atoms with E-state index in [0.29, 0.717) is 25.5 Å². The average Bonchev–Trinajstić information content (AvgIpc) is 3.17. The Balaban J connectivity index is 1.65. The van der Waals surface area contributed by atoms with E-state index < -0.39 is 0 Å². The van der Waals surface area contributed by atoms with Crippen LogP contribution < -0.4 is 0 Å². The van der Waals surface area contributed by atoms with Crippen LogP contribution in [-0.2, 0) is 17.9 Å². The smallest absolute Gasteiger partial charge is 0.290 e. The van der Waals surface area contributed by atoms with Crippen molar-refractivity contribution < 1.29 is 13.9 Å². The Labute approximate surface area is 145 Å². The van der Waals surface area contributed by atoms with Gasteiger partial charge in [0.2, 0.25) is 0 Å². The Morgan fingerprint density at radius 2 is 2.16 bits per heavy atom. The standard InChI is InChI=1S/C18H20N4O3/c1-11-8-21(9-15-19-20-16(10-24-3)22(11)15)18(23)17-12(2)13-6-4-5-7-14(13)25-17/h4-7,11H,8-10H2,1-3H3/t11-/m0/s1. The molecule has 1 aromatic carbocycles. The molecule has 130 valence electrons. The van der Waals surface area contributed by atoms with Crippen LogP contribution in [0.1, 0.15) is 40.7 Å². The number of methoxy groups -OCH3 is 1. The van der Waals surface area contributed by atoms with Crippen LogP contribution in [0.2, 0.25) is 0 Å². The number of hydrogen-bond acceptors (Lipinski definition) is 5. The minimum Gasteiger partial charge on any atom is -0.451 e. The minimum atomic E-state index is -0.108. The topological polar surface area (TPSA) is 73.4 Å². The number of aryl methyl sites for hydroxylation is 1. The average molecular weight is 340 g/mol. The Kier molecular flexibility index (Phi) is 3.80. The molecule has 0 saturated heterocycles. The van der Waals surface area contributed by atoms with Crippen molar-refractivity contribution in [2.24, 2.45) is 0 Å². The summed E-state index contributed by atoms with van der Waals surface area (Å²) in [6.07, 6.45) is 0. The number of nitrogens with zero attached hydrogens (tertiary/aromatic N) is 4. The van der Waals surface area contributed by atoms with Gasteiger partial charge in [-0.1, -0.05) is 18.2 Å². The summed E-state index contributed by atoms with van der Waals surface area (Å²) in [4.78, 5) is 14.8. The molecule has 25 heavy (non-hydrogen) atoms. The SMILES string of the molecule is COCc1nnc2n1[C@@H](C)CN(C(=O)c1oc3ccccc3c1C)C2. The van der Waals surface area contributed by atoms with Crippen LogP contribution in [0.3, 0.4) is 0 Å². The lowest BCUT2D eigenvalue weighted by Gasteiger charge is -2.32. The number of rotatable bonds is 3. The normalized spacial score (nSPS) is 17.1. The molecule has 0 fully saturated rings. The van der Waals surface area contributed by atoms with Crippen LogP contribution in [0.5, 0.6) is 0 Å². The highest BCUT2D eigenvalue weighted by atomic mass is 16.5. The molecule has 1 atom stereocenters. The van der Waals surface area contributed by atoms with Gasteiger partial charge < -0.3 is 18.6 Å². The number of amides is 1. The summed E-state index contributed by atoms with van der Waals surface area (Å²) < 4.78 is 13.1. The van der Waals surface area contributed by atoms with E-state index in [2.05, 4.69) is 21.7 Å². The number of carbonyl (C=O) groups excluding carboxylic acids is 1. The van der Waals surface area contributed by atoms with E-state index in [-0.39, 0.29) is 11.9 Å². The van der Waals surface area contributed by atoms with Crippen molar-refractivity contribution in [3.8, 4) is 0 Å². The van der Waals surface area contributed by atoms with Crippen LogP contribution >= 0.6 is 0 Å². The molecule has 1 aliphatic rings. The predicted octanol–water partition coefficient (Wildman–Crippen LogP) is 2.70. The summed E-state index contributed by atoms with van der Waals surface area (Å²) in [5.74, 6) is 1.85. The van der Waals surface area contributed by atoms with Crippen LogP contribution in [0.15, 0.2) is 28.7 Å². The predicted molar refractivity (Wildman–Crippen MR) is 91.1 cm³/mol. The molecular weight excluding hydrogens is 320 g/mol. The summed E-state index contributed by atoms with van der Waals surface area (Å²) in [6.45, 7) is 5.38. The van der Waals surface area contributed by atoms with E-state index >= 15 is 0 Å². The first-order chi connectivity index (χ1) is 12.1. The first-order valence-corrected chi connectivity index (χ1v) is 8.29. The number of hydrogen-bond donors (Lipinski definition) is 0. The lowest BCUT2D eigenvalue weighted by atomic mass is 10.1. The molecule has 2 aromatic heterocycles. The fraction of sp³-hybridized carbons (Fsp3) is 0.389. The number of ether oxygens (including phenoxy) is 1. The van der Waals surface area contributed by atoms with E-state index in [0.717, 1.165) is 28.2 Å². The first kappa shape index (κ1) is 15.8. The van der Waals surface area contributed by atoms with E-state index in [4.69, 9.17) is 9.15 Å². The molecule has 0 saturated carbocycles. The van der Waals surface area contributed by atoms with Gasteiger partial charge in [0.25, 0.3) is 5.91 Å². The van der Waals surface area contributed by atoms with Gasteiger partial charge in [-0.05, 0) is 19.9 Å². The third kappa shape index (κ3) is 2.51. The molecular formula is C18H20N4O3. The fourth-order valence-corrected chi connectivity index (χ4v) is 3.52.